The molecule has 1 aliphatic rings. The van der Waals surface area contributed by atoms with Gasteiger partial charge in [-0.1, -0.05) is 11.8 Å². The van der Waals surface area contributed by atoms with Crippen LogP contribution in [0.4, 0.5) is 0 Å². The standard InChI is InChI=1S/C4H4N2OS/c5-3-2-8-4(1-7)6-3/h1,5H,2H2. The molecule has 0 aromatic heterocycles. The lowest BCUT2D eigenvalue weighted by molar-refractivity contribution is -0.102. The van der Waals surface area contributed by atoms with Gasteiger partial charge in [0, 0.05) is 0 Å². The summed E-state index contributed by atoms with van der Waals surface area (Å²) in [4.78, 5) is 13.5. The summed E-state index contributed by atoms with van der Waals surface area (Å²) in [6, 6.07) is 0. The normalized spacial score (nSPS) is 18.5. The summed E-state index contributed by atoms with van der Waals surface area (Å²) in [7, 11) is 0. The lowest BCUT2D eigenvalue weighted by Crippen LogP contribution is -1.85. The highest BCUT2D eigenvalue weighted by atomic mass is 32.2. The molecule has 0 bridgehead atoms. The Hall–Kier alpha value is -0.640. The van der Waals surface area contributed by atoms with Crippen LogP contribution in [0.25, 0.3) is 0 Å². The second-order valence-electron chi connectivity index (χ2n) is 1.30. The van der Waals surface area contributed by atoms with Crippen LogP contribution in [0.2, 0.25) is 0 Å². The Balaban J connectivity index is 2.70. The number of aldehydes is 1. The van der Waals surface area contributed by atoms with Gasteiger partial charge in [-0.3, -0.25) is 10.2 Å². The van der Waals surface area contributed by atoms with Gasteiger partial charge in [0.25, 0.3) is 0 Å². The highest BCUT2D eigenvalue weighted by Gasteiger charge is 2.09. The first-order chi connectivity index (χ1) is 3.83. The van der Waals surface area contributed by atoms with Crippen molar-refractivity contribution < 1.29 is 4.79 Å². The fourth-order valence-corrected chi connectivity index (χ4v) is 0.992. The summed E-state index contributed by atoms with van der Waals surface area (Å²) in [5, 5.41) is 7.34. The molecule has 4 heteroatoms. The Bertz CT molecular complexity index is 163. The van der Waals surface area contributed by atoms with Crippen LogP contribution < -0.4 is 0 Å². The number of nitrogens with zero attached hydrogens (tertiary/aromatic N) is 1. The summed E-state index contributed by atoms with van der Waals surface area (Å²) in [6.07, 6.45) is 0.673. The van der Waals surface area contributed by atoms with Crippen molar-refractivity contribution in [3.63, 3.8) is 0 Å². The zero-order valence-corrected chi connectivity index (χ0v) is 4.86. The Morgan fingerprint density at radius 1 is 1.88 bits per heavy atom. The fourth-order valence-electron chi connectivity index (χ4n) is 0.400. The summed E-state index contributed by atoms with van der Waals surface area (Å²) >= 11 is 1.31. The third kappa shape index (κ3) is 0.949. The van der Waals surface area contributed by atoms with Crippen LogP contribution in [0.1, 0.15) is 0 Å². The lowest BCUT2D eigenvalue weighted by atomic mass is 10.7. The zero-order valence-electron chi connectivity index (χ0n) is 4.05. The topological polar surface area (TPSA) is 53.3 Å². The molecular weight excluding hydrogens is 124 g/mol. The number of nitrogens with one attached hydrogen (secondary N) is 1. The van der Waals surface area contributed by atoms with Gasteiger partial charge in [-0.15, -0.1) is 0 Å². The fraction of sp³-hybridized carbons (Fsp3) is 0.250. The maximum absolute atomic E-state index is 9.90. The van der Waals surface area contributed by atoms with Gasteiger partial charge in [-0.2, -0.15) is 0 Å². The number of rotatable bonds is 1. The number of thioether (sulfide) groups is 1. The molecule has 0 spiro atoms. The Morgan fingerprint density at radius 2 is 2.62 bits per heavy atom. The minimum Gasteiger partial charge on any atom is -0.296 e. The van der Waals surface area contributed by atoms with Crippen molar-refractivity contribution in [3.8, 4) is 0 Å². The molecule has 8 heavy (non-hydrogen) atoms. The van der Waals surface area contributed by atoms with Gasteiger partial charge in [0.2, 0.25) is 0 Å². The molecule has 0 unspecified atom stereocenters. The van der Waals surface area contributed by atoms with E-state index in [0.717, 1.165) is 0 Å². The van der Waals surface area contributed by atoms with Gasteiger partial charge in [0.05, 0.1) is 5.75 Å². The smallest absolute Gasteiger partial charge is 0.175 e. The number of hydrogen-bond donors (Lipinski definition) is 1. The molecule has 0 fully saturated rings. The van der Waals surface area contributed by atoms with E-state index in [9.17, 15) is 4.79 Å². The average Bonchev–Trinajstić information content (AvgIpc) is 2.14. The number of aliphatic imine (C=N–C) groups is 1. The lowest BCUT2D eigenvalue weighted by Gasteiger charge is -1.75. The zero-order chi connectivity index (χ0) is 5.98. The number of carbonyl (C=O) groups excluding carboxylic acids is 1. The Labute approximate surface area is 50.7 Å². The molecule has 0 aromatic rings. The SMILES string of the molecule is N=C1CSC(C=O)=N1. The molecule has 0 aliphatic carbocycles. The number of amidine groups is 1. The van der Waals surface area contributed by atoms with Crippen LogP contribution in [-0.4, -0.2) is 22.9 Å². The van der Waals surface area contributed by atoms with Gasteiger partial charge in [0.1, 0.15) is 10.9 Å². The van der Waals surface area contributed by atoms with Crippen molar-refractivity contribution in [2.24, 2.45) is 4.99 Å². The molecule has 0 radical (unpaired) electrons. The monoisotopic (exact) mass is 128 g/mol. The second kappa shape index (κ2) is 2.09. The van der Waals surface area contributed by atoms with Crippen LogP contribution in [0.3, 0.4) is 0 Å². The molecular formula is C4H4N2OS. The van der Waals surface area contributed by atoms with Gasteiger partial charge in [-0.25, -0.2) is 4.99 Å². The third-order valence-corrected chi connectivity index (χ3v) is 1.60. The summed E-state index contributed by atoms with van der Waals surface area (Å²) in [6.45, 7) is 0. The summed E-state index contributed by atoms with van der Waals surface area (Å²) in [5.41, 5.74) is 0. The van der Waals surface area contributed by atoms with E-state index in [0.29, 0.717) is 17.1 Å². The molecule has 3 nitrogen and oxygen atoms in total. The van der Waals surface area contributed by atoms with Gasteiger partial charge < -0.3 is 0 Å². The van der Waals surface area contributed by atoms with E-state index in [2.05, 4.69) is 4.99 Å². The third-order valence-electron chi connectivity index (χ3n) is 0.703. The van der Waals surface area contributed by atoms with Crippen molar-refractivity contribution in [2.75, 3.05) is 5.75 Å². The Kier molecular flexibility index (Phi) is 1.43. The van der Waals surface area contributed by atoms with E-state index < -0.39 is 0 Å². The largest absolute Gasteiger partial charge is 0.296 e. The number of hydrogen-bond acceptors (Lipinski definition) is 3. The minimum absolute atomic E-state index is 0.289. The first kappa shape index (κ1) is 5.50. The maximum atomic E-state index is 9.90. The molecule has 1 N–H and O–H groups in total. The van der Waals surface area contributed by atoms with E-state index in [1.807, 2.05) is 0 Å². The van der Waals surface area contributed by atoms with Crippen LogP contribution in [0.5, 0.6) is 0 Å². The Morgan fingerprint density at radius 3 is 2.88 bits per heavy atom. The average molecular weight is 128 g/mol. The van der Waals surface area contributed by atoms with E-state index in [-0.39, 0.29) is 5.84 Å². The van der Waals surface area contributed by atoms with Crippen molar-refractivity contribution >= 4 is 28.9 Å². The highest BCUT2D eigenvalue weighted by molar-refractivity contribution is 8.16. The molecule has 1 rings (SSSR count). The first-order valence-electron chi connectivity index (χ1n) is 2.07. The molecule has 0 atom stereocenters. The highest BCUT2D eigenvalue weighted by Crippen LogP contribution is 2.10. The molecule has 0 saturated carbocycles. The number of carbonyl (C=O) groups is 1. The minimum atomic E-state index is 0.289. The van der Waals surface area contributed by atoms with E-state index in [1.54, 1.807) is 0 Å². The quantitative estimate of drug-likeness (QED) is 0.516. The predicted molar refractivity (Wildman–Crippen MR) is 33.7 cm³/mol. The van der Waals surface area contributed by atoms with Crippen LogP contribution in [0.15, 0.2) is 4.99 Å². The summed E-state index contributed by atoms with van der Waals surface area (Å²) in [5.74, 6) is 0.839. The second-order valence-corrected chi connectivity index (χ2v) is 2.30. The van der Waals surface area contributed by atoms with Crippen LogP contribution >= 0.6 is 11.8 Å². The molecule has 0 saturated heterocycles. The van der Waals surface area contributed by atoms with Crippen molar-refractivity contribution in [3.05, 3.63) is 0 Å². The molecule has 42 valence electrons. The van der Waals surface area contributed by atoms with Gasteiger partial charge >= 0.3 is 0 Å². The van der Waals surface area contributed by atoms with E-state index in [1.165, 1.54) is 11.8 Å². The molecule has 1 heterocycles. The van der Waals surface area contributed by atoms with Crippen molar-refractivity contribution in [2.45, 2.75) is 0 Å². The van der Waals surface area contributed by atoms with Crippen LogP contribution in [-0.2, 0) is 4.79 Å². The maximum Gasteiger partial charge on any atom is 0.175 e. The van der Waals surface area contributed by atoms with Gasteiger partial charge in [-0.05, 0) is 0 Å². The molecule has 0 aromatic carbocycles. The first-order valence-corrected chi connectivity index (χ1v) is 3.05. The summed E-state index contributed by atoms with van der Waals surface area (Å²) < 4.78 is 0. The van der Waals surface area contributed by atoms with Crippen molar-refractivity contribution in [1.29, 1.82) is 5.41 Å². The van der Waals surface area contributed by atoms with E-state index in [4.69, 9.17) is 5.41 Å². The van der Waals surface area contributed by atoms with E-state index >= 15 is 0 Å². The van der Waals surface area contributed by atoms with Crippen LogP contribution in [0, 0.1) is 5.41 Å². The molecule has 1 aliphatic heterocycles. The molecule has 0 amide bonds. The van der Waals surface area contributed by atoms with Crippen molar-refractivity contribution in [1.82, 2.24) is 0 Å². The predicted octanol–water partition coefficient (Wildman–Crippen LogP) is 0.308. The van der Waals surface area contributed by atoms with Gasteiger partial charge in [0.15, 0.2) is 6.29 Å².